The number of aromatic nitrogens is 1. The van der Waals surface area contributed by atoms with Gasteiger partial charge in [-0.25, -0.2) is 9.78 Å². The number of carbonyl (C=O) groups is 1. The highest BCUT2D eigenvalue weighted by atomic mass is 16.4. The fraction of sp³-hybridized carbons (Fsp3) is 0.200. The molecule has 19 heavy (non-hydrogen) atoms. The van der Waals surface area contributed by atoms with Crippen molar-refractivity contribution in [3.8, 4) is 0 Å². The van der Waals surface area contributed by atoms with Crippen molar-refractivity contribution in [3.63, 3.8) is 0 Å². The summed E-state index contributed by atoms with van der Waals surface area (Å²) in [5.74, 6) is -0.489. The molecule has 98 valence electrons. The quantitative estimate of drug-likeness (QED) is 0.912. The van der Waals surface area contributed by atoms with Crippen LogP contribution in [-0.4, -0.2) is 22.6 Å². The van der Waals surface area contributed by atoms with Crippen LogP contribution in [0.4, 0.5) is 11.5 Å². The number of anilines is 2. The van der Waals surface area contributed by atoms with E-state index >= 15 is 0 Å². The zero-order valence-electron chi connectivity index (χ0n) is 11.0. The highest BCUT2D eigenvalue weighted by molar-refractivity contribution is 5.94. The molecule has 4 nitrogen and oxygen atoms in total. The van der Waals surface area contributed by atoms with Gasteiger partial charge in [0.25, 0.3) is 0 Å². The Bertz CT molecular complexity index is 596. The Morgan fingerprint density at radius 2 is 2.11 bits per heavy atom. The molecule has 0 unspecified atom stereocenters. The number of carboxylic acid groups (broad SMARTS) is 1. The van der Waals surface area contributed by atoms with Crippen LogP contribution in [0.5, 0.6) is 0 Å². The predicted molar refractivity (Wildman–Crippen MR) is 75.1 cm³/mol. The molecule has 0 aliphatic heterocycles. The third kappa shape index (κ3) is 2.73. The predicted octanol–water partition coefficient (Wildman–Crippen LogP) is 3.25. The fourth-order valence-corrected chi connectivity index (χ4v) is 2.03. The van der Waals surface area contributed by atoms with Gasteiger partial charge < -0.3 is 10.0 Å². The van der Waals surface area contributed by atoms with E-state index in [0.29, 0.717) is 12.4 Å². The summed E-state index contributed by atoms with van der Waals surface area (Å²) in [5, 5.41) is 9.24. The highest BCUT2D eigenvalue weighted by Crippen LogP contribution is 2.26. The van der Waals surface area contributed by atoms with Crippen LogP contribution in [-0.2, 0) is 0 Å². The Balaban J connectivity index is 2.51. The first-order chi connectivity index (χ1) is 9.13. The third-order valence-corrected chi connectivity index (χ3v) is 2.90. The van der Waals surface area contributed by atoms with Crippen LogP contribution < -0.4 is 4.90 Å². The maximum atomic E-state index is 11.3. The number of hydrogen-bond acceptors (Lipinski definition) is 3. The molecule has 0 atom stereocenters. The molecule has 0 spiro atoms. The fourth-order valence-electron chi connectivity index (χ4n) is 2.03. The second kappa shape index (κ2) is 5.52. The molecule has 0 amide bonds. The number of hydrogen-bond donors (Lipinski definition) is 1. The molecule has 0 aliphatic rings. The summed E-state index contributed by atoms with van der Waals surface area (Å²) in [6, 6.07) is 11.1. The Morgan fingerprint density at radius 3 is 2.74 bits per heavy atom. The Morgan fingerprint density at radius 1 is 1.32 bits per heavy atom. The van der Waals surface area contributed by atoms with Crippen molar-refractivity contribution in [2.24, 2.45) is 0 Å². The average molecular weight is 256 g/mol. The van der Waals surface area contributed by atoms with Crippen LogP contribution >= 0.6 is 0 Å². The summed E-state index contributed by atoms with van der Waals surface area (Å²) in [6.45, 7) is 4.64. The number of carboxylic acids is 1. The van der Waals surface area contributed by atoms with Crippen molar-refractivity contribution in [2.75, 3.05) is 11.4 Å². The zero-order chi connectivity index (χ0) is 13.8. The minimum absolute atomic E-state index is 0.214. The molecule has 0 bridgehead atoms. The van der Waals surface area contributed by atoms with E-state index in [2.05, 4.69) is 4.98 Å². The van der Waals surface area contributed by atoms with Gasteiger partial charge in [-0.1, -0.05) is 12.1 Å². The van der Waals surface area contributed by atoms with Crippen LogP contribution in [0.25, 0.3) is 0 Å². The first-order valence-corrected chi connectivity index (χ1v) is 6.16. The summed E-state index contributed by atoms with van der Waals surface area (Å²) in [7, 11) is 0. The maximum absolute atomic E-state index is 11.3. The average Bonchev–Trinajstić information content (AvgIpc) is 2.40. The lowest BCUT2D eigenvalue weighted by Gasteiger charge is -2.23. The molecule has 1 aromatic heterocycles. The van der Waals surface area contributed by atoms with E-state index in [4.69, 9.17) is 0 Å². The molecule has 2 rings (SSSR count). The molecule has 1 aromatic carbocycles. The molecule has 0 saturated heterocycles. The van der Waals surface area contributed by atoms with Gasteiger partial charge in [0.2, 0.25) is 0 Å². The van der Waals surface area contributed by atoms with E-state index in [9.17, 15) is 9.90 Å². The lowest BCUT2D eigenvalue weighted by Crippen LogP contribution is -2.20. The van der Waals surface area contributed by atoms with Crippen molar-refractivity contribution in [3.05, 3.63) is 53.7 Å². The highest BCUT2D eigenvalue weighted by Gasteiger charge is 2.17. The topological polar surface area (TPSA) is 53.4 Å². The van der Waals surface area contributed by atoms with Crippen LogP contribution in [0.1, 0.15) is 22.8 Å². The number of pyridine rings is 1. The van der Waals surface area contributed by atoms with Crippen LogP contribution in [0.2, 0.25) is 0 Å². The van der Waals surface area contributed by atoms with Crippen molar-refractivity contribution in [2.45, 2.75) is 13.8 Å². The largest absolute Gasteiger partial charge is 0.478 e. The smallest absolute Gasteiger partial charge is 0.339 e. The number of nitrogens with zero attached hydrogens (tertiary/aromatic N) is 2. The third-order valence-electron chi connectivity index (χ3n) is 2.90. The van der Waals surface area contributed by atoms with Crippen LogP contribution in [0, 0.1) is 6.92 Å². The van der Waals surface area contributed by atoms with Gasteiger partial charge in [0.15, 0.2) is 0 Å². The maximum Gasteiger partial charge on any atom is 0.339 e. The molecule has 1 N–H and O–H groups in total. The van der Waals surface area contributed by atoms with E-state index in [1.807, 2.05) is 43.0 Å². The van der Waals surface area contributed by atoms with Crippen molar-refractivity contribution < 1.29 is 9.90 Å². The van der Waals surface area contributed by atoms with Crippen molar-refractivity contribution in [1.29, 1.82) is 0 Å². The number of benzene rings is 1. The lowest BCUT2D eigenvalue weighted by atomic mass is 10.2. The van der Waals surface area contributed by atoms with E-state index in [1.54, 1.807) is 18.3 Å². The summed E-state index contributed by atoms with van der Waals surface area (Å²) in [5.41, 5.74) is 2.29. The van der Waals surface area contributed by atoms with E-state index < -0.39 is 5.97 Å². The first-order valence-electron chi connectivity index (χ1n) is 6.16. The molecule has 2 aromatic rings. The molecule has 4 heteroatoms. The molecule has 1 heterocycles. The molecule has 0 aliphatic carbocycles. The van der Waals surface area contributed by atoms with Gasteiger partial charge in [-0.15, -0.1) is 0 Å². The summed E-state index contributed by atoms with van der Waals surface area (Å²) < 4.78 is 0. The first kappa shape index (κ1) is 13.1. The van der Waals surface area contributed by atoms with Gasteiger partial charge in [-0.2, -0.15) is 0 Å². The zero-order valence-corrected chi connectivity index (χ0v) is 11.0. The Hall–Kier alpha value is -2.36. The summed E-state index contributed by atoms with van der Waals surface area (Å²) >= 11 is 0. The van der Waals surface area contributed by atoms with Gasteiger partial charge in [0.05, 0.1) is 0 Å². The summed E-state index contributed by atoms with van der Waals surface area (Å²) in [6.07, 6.45) is 1.61. The molecule has 0 saturated carbocycles. The van der Waals surface area contributed by atoms with Crippen molar-refractivity contribution in [1.82, 2.24) is 4.98 Å². The second-order valence-corrected chi connectivity index (χ2v) is 4.26. The van der Waals surface area contributed by atoms with Gasteiger partial charge in [0.1, 0.15) is 11.4 Å². The Labute approximate surface area is 112 Å². The number of aromatic carboxylic acids is 1. The normalized spacial score (nSPS) is 10.2. The lowest BCUT2D eigenvalue weighted by molar-refractivity contribution is 0.0697. The molecule has 0 radical (unpaired) electrons. The molecule has 0 fully saturated rings. The van der Waals surface area contributed by atoms with Gasteiger partial charge in [0, 0.05) is 18.4 Å². The van der Waals surface area contributed by atoms with Gasteiger partial charge in [-0.05, 0) is 43.7 Å². The SMILES string of the molecule is CCN(c1cccc(C)c1)c1ncccc1C(=O)O. The van der Waals surface area contributed by atoms with Gasteiger partial charge >= 0.3 is 5.97 Å². The standard InChI is InChI=1S/C15H16N2O2/c1-3-17(12-7-4-6-11(2)10-12)14-13(15(18)19)8-5-9-16-14/h4-10H,3H2,1-2H3,(H,18,19). The second-order valence-electron chi connectivity index (χ2n) is 4.26. The van der Waals surface area contributed by atoms with Crippen LogP contribution in [0.3, 0.4) is 0 Å². The Kier molecular flexibility index (Phi) is 3.80. The van der Waals surface area contributed by atoms with E-state index in [0.717, 1.165) is 11.3 Å². The minimum Gasteiger partial charge on any atom is -0.478 e. The van der Waals surface area contributed by atoms with E-state index in [-0.39, 0.29) is 5.56 Å². The molecular formula is C15H16N2O2. The number of rotatable bonds is 4. The van der Waals surface area contributed by atoms with Crippen molar-refractivity contribution >= 4 is 17.5 Å². The monoisotopic (exact) mass is 256 g/mol. The van der Waals surface area contributed by atoms with Gasteiger partial charge in [-0.3, -0.25) is 0 Å². The summed E-state index contributed by atoms with van der Waals surface area (Å²) in [4.78, 5) is 17.4. The number of aryl methyl sites for hydroxylation is 1. The van der Waals surface area contributed by atoms with E-state index in [1.165, 1.54) is 0 Å². The van der Waals surface area contributed by atoms with Crippen LogP contribution in [0.15, 0.2) is 42.6 Å². The minimum atomic E-state index is -0.964. The molecular weight excluding hydrogens is 240 g/mol.